The number of likely N-dealkylation sites (tertiary alicyclic amines) is 1. The number of nitrogens with one attached hydrogen (secondary N) is 1. The van der Waals surface area contributed by atoms with Crippen LogP contribution in [0.15, 0.2) is 53.7 Å². The summed E-state index contributed by atoms with van der Waals surface area (Å²) in [5.74, 6) is 0.804. The molecule has 1 spiro atoms. The Morgan fingerprint density at radius 1 is 1.17 bits per heavy atom. The molecule has 2 amide bonds. The third-order valence-corrected chi connectivity index (χ3v) is 5.83. The predicted octanol–water partition coefficient (Wildman–Crippen LogP) is 4.22. The van der Waals surface area contributed by atoms with Gasteiger partial charge in [-0.15, -0.1) is 0 Å². The second kappa shape index (κ2) is 8.33. The van der Waals surface area contributed by atoms with Crippen LogP contribution >= 0.6 is 11.6 Å². The van der Waals surface area contributed by atoms with E-state index >= 15 is 0 Å². The SMILES string of the molecule is COc1ccc(CNC(=O)N2CCC3(CC2)CC(c2ccc(Cl)cc2)=NO3)cc1. The minimum atomic E-state index is -0.304. The molecule has 0 bridgehead atoms. The van der Waals surface area contributed by atoms with Gasteiger partial charge in [0, 0.05) is 43.9 Å². The fourth-order valence-electron chi connectivity index (χ4n) is 3.74. The minimum Gasteiger partial charge on any atom is -0.497 e. The van der Waals surface area contributed by atoms with Crippen LogP contribution in [0.2, 0.25) is 5.02 Å². The van der Waals surface area contributed by atoms with Gasteiger partial charge in [0.25, 0.3) is 0 Å². The molecule has 6 nitrogen and oxygen atoms in total. The van der Waals surface area contributed by atoms with Crippen LogP contribution in [0.5, 0.6) is 5.75 Å². The van der Waals surface area contributed by atoms with Crippen molar-refractivity contribution >= 4 is 23.3 Å². The maximum atomic E-state index is 12.5. The summed E-state index contributed by atoms with van der Waals surface area (Å²) >= 11 is 5.96. The van der Waals surface area contributed by atoms with Gasteiger partial charge in [0.2, 0.25) is 0 Å². The second-order valence-corrected chi connectivity index (χ2v) is 7.93. The van der Waals surface area contributed by atoms with Gasteiger partial charge in [-0.2, -0.15) is 0 Å². The van der Waals surface area contributed by atoms with Gasteiger partial charge in [-0.1, -0.05) is 41.0 Å². The van der Waals surface area contributed by atoms with E-state index in [0.29, 0.717) is 24.7 Å². The number of ether oxygens (including phenoxy) is 1. The predicted molar refractivity (Wildman–Crippen MR) is 112 cm³/mol. The molecule has 2 aromatic carbocycles. The minimum absolute atomic E-state index is 0.0486. The highest BCUT2D eigenvalue weighted by molar-refractivity contribution is 6.30. The summed E-state index contributed by atoms with van der Waals surface area (Å²) in [4.78, 5) is 20.2. The van der Waals surface area contributed by atoms with E-state index in [-0.39, 0.29) is 11.6 Å². The Morgan fingerprint density at radius 2 is 1.86 bits per heavy atom. The highest BCUT2D eigenvalue weighted by Crippen LogP contribution is 2.36. The van der Waals surface area contributed by atoms with Gasteiger partial charge in [-0.3, -0.25) is 0 Å². The van der Waals surface area contributed by atoms with Crippen molar-refractivity contribution in [2.24, 2.45) is 5.16 Å². The Morgan fingerprint density at radius 3 is 2.52 bits per heavy atom. The molecule has 2 aliphatic rings. The molecule has 152 valence electrons. The largest absolute Gasteiger partial charge is 0.497 e. The number of nitrogens with zero attached hydrogens (tertiary/aromatic N) is 2. The Bertz CT molecular complexity index is 889. The van der Waals surface area contributed by atoms with E-state index in [0.717, 1.165) is 41.9 Å². The number of piperidine rings is 1. The van der Waals surface area contributed by atoms with Crippen molar-refractivity contribution in [2.75, 3.05) is 20.2 Å². The van der Waals surface area contributed by atoms with E-state index in [2.05, 4.69) is 10.5 Å². The lowest BCUT2D eigenvalue weighted by Crippen LogP contribution is -2.49. The molecule has 2 heterocycles. The van der Waals surface area contributed by atoms with E-state index in [4.69, 9.17) is 21.2 Å². The van der Waals surface area contributed by atoms with Crippen LogP contribution in [0.4, 0.5) is 4.79 Å². The molecule has 0 aliphatic carbocycles. The van der Waals surface area contributed by atoms with Gasteiger partial charge < -0.3 is 19.8 Å². The standard InChI is InChI=1S/C22H24ClN3O3/c1-28-19-8-2-16(3-9-19)15-24-21(27)26-12-10-22(11-13-26)14-20(25-29-22)17-4-6-18(23)7-5-17/h2-9H,10-15H2,1H3,(H,24,27). The highest BCUT2D eigenvalue weighted by Gasteiger charge is 2.43. The van der Waals surface area contributed by atoms with Gasteiger partial charge in [0.1, 0.15) is 11.4 Å². The number of rotatable bonds is 4. The van der Waals surface area contributed by atoms with E-state index in [9.17, 15) is 4.79 Å². The molecule has 0 radical (unpaired) electrons. The van der Waals surface area contributed by atoms with E-state index in [1.54, 1.807) is 7.11 Å². The average molecular weight is 414 g/mol. The number of carbonyl (C=O) groups is 1. The number of hydrogen-bond acceptors (Lipinski definition) is 4. The molecule has 1 saturated heterocycles. The Kier molecular flexibility index (Phi) is 5.62. The Labute approximate surface area is 175 Å². The number of methoxy groups -OCH3 is 1. The van der Waals surface area contributed by atoms with Gasteiger partial charge in [0.15, 0.2) is 0 Å². The third kappa shape index (κ3) is 4.48. The fraction of sp³-hybridized carbons (Fsp3) is 0.364. The quantitative estimate of drug-likeness (QED) is 0.816. The third-order valence-electron chi connectivity index (χ3n) is 5.58. The summed E-state index contributed by atoms with van der Waals surface area (Å²) in [7, 11) is 1.64. The molecule has 4 rings (SSSR count). The number of urea groups is 1. The lowest BCUT2D eigenvalue weighted by Gasteiger charge is -2.37. The Balaban J connectivity index is 1.27. The molecule has 2 aromatic rings. The molecule has 7 heteroatoms. The number of amides is 2. The van der Waals surface area contributed by atoms with Crippen LogP contribution in [0.3, 0.4) is 0 Å². The molecule has 0 aromatic heterocycles. The number of halogens is 1. The highest BCUT2D eigenvalue weighted by atomic mass is 35.5. The smallest absolute Gasteiger partial charge is 0.317 e. The van der Waals surface area contributed by atoms with Crippen LogP contribution < -0.4 is 10.1 Å². The lowest BCUT2D eigenvalue weighted by atomic mass is 9.85. The molecule has 1 N–H and O–H groups in total. The molecular formula is C22H24ClN3O3. The van der Waals surface area contributed by atoms with Crippen LogP contribution in [-0.4, -0.2) is 42.4 Å². The van der Waals surface area contributed by atoms with Crippen molar-refractivity contribution in [1.82, 2.24) is 10.2 Å². The zero-order valence-corrected chi connectivity index (χ0v) is 17.1. The van der Waals surface area contributed by atoms with E-state index in [1.165, 1.54) is 0 Å². The van der Waals surface area contributed by atoms with Crippen molar-refractivity contribution in [3.05, 3.63) is 64.7 Å². The van der Waals surface area contributed by atoms with Crippen LogP contribution in [-0.2, 0) is 11.4 Å². The van der Waals surface area contributed by atoms with E-state index in [1.807, 2.05) is 53.4 Å². The van der Waals surface area contributed by atoms with Gasteiger partial charge in [-0.05, 0) is 35.4 Å². The van der Waals surface area contributed by atoms with Crippen molar-refractivity contribution in [3.8, 4) is 5.75 Å². The van der Waals surface area contributed by atoms with Crippen LogP contribution in [0.25, 0.3) is 0 Å². The first-order valence-corrected chi connectivity index (χ1v) is 10.1. The molecule has 0 unspecified atom stereocenters. The summed E-state index contributed by atoms with van der Waals surface area (Å²) in [5, 5.41) is 8.01. The van der Waals surface area contributed by atoms with Gasteiger partial charge in [-0.25, -0.2) is 4.79 Å². The topological polar surface area (TPSA) is 63.2 Å². The van der Waals surface area contributed by atoms with Crippen molar-refractivity contribution in [3.63, 3.8) is 0 Å². The first kappa shape index (κ1) is 19.6. The maximum Gasteiger partial charge on any atom is 0.317 e. The summed E-state index contributed by atoms with van der Waals surface area (Å²) in [6, 6.07) is 15.3. The van der Waals surface area contributed by atoms with Crippen molar-refractivity contribution in [1.29, 1.82) is 0 Å². The number of hydrogen-bond donors (Lipinski definition) is 1. The first-order valence-electron chi connectivity index (χ1n) is 9.74. The Hall–Kier alpha value is -2.73. The second-order valence-electron chi connectivity index (χ2n) is 7.49. The first-order chi connectivity index (χ1) is 14.1. The maximum absolute atomic E-state index is 12.5. The molecule has 2 aliphatic heterocycles. The van der Waals surface area contributed by atoms with Crippen LogP contribution in [0, 0.1) is 0 Å². The van der Waals surface area contributed by atoms with Crippen molar-refractivity contribution < 1.29 is 14.4 Å². The van der Waals surface area contributed by atoms with Crippen LogP contribution in [0.1, 0.15) is 30.4 Å². The number of carbonyl (C=O) groups excluding carboxylic acids is 1. The normalized spacial score (nSPS) is 17.6. The lowest BCUT2D eigenvalue weighted by molar-refractivity contribution is -0.0550. The molecule has 1 fully saturated rings. The van der Waals surface area contributed by atoms with Gasteiger partial charge >= 0.3 is 6.03 Å². The monoisotopic (exact) mass is 413 g/mol. The zero-order valence-electron chi connectivity index (χ0n) is 16.4. The summed E-state index contributed by atoms with van der Waals surface area (Å²) in [6.45, 7) is 1.79. The fourth-order valence-corrected chi connectivity index (χ4v) is 3.86. The number of benzene rings is 2. The van der Waals surface area contributed by atoms with Gasteiger partial charge in [0.05, 0.1) is 12.8 Å². The van der Waals surface area contributed by atoms with Crippen molar-refractivity contribution in [2.45, 2.75) is 31.4 Å². The molecule has 0 atom stereocenters. The molecule has 29 heavy (non-hydrogen) atoms. The summed E-state index contributed by atoms with van der Waals surface area (Å²) < 4.78 is 5.15. The zero-order chi connectivity index (χ0) is 20.3. The average Bonchev–Trinajstić information content (AvgIpc) is 3.17. The molecule has 0 saturated carbocycles. The number of oxime groups is 1. The molecular weight excluding hydrogens is 390 g/mol. The summed E-state index contributed by atoms with van der Waals surface area (Å²) in [6.07, 6.45) is 2.29. The summed E-state index contributed by atoms with van der Waals surface area (Å²) in [5.41, 5.74) is 2.71. The van der Waals surface area contributed by atoms with E-state index < -0.39 is 0 Å².